The molecule has 7 heteroatoms. The maximum absolute atomic E-state index is 12.9. The summed E-state index contributed by atoms with van der Waals surface area (Å²) in [5.74, 6) is -1.17. The smallest absolute Gasteiger partial charge is 0.407 e. The Bertz CT molecular complexity index is 537. The summed E-state index contributed by atoms with van der Waals surface area (Å²) in [6, 6.07) is -1.66. The number of carboxylic acid groups (broad SMARTS) is 1. The average molecular weight is 326 g/mol. The van der Waals surface area contributed by atoms with Gasteiger partial charge in [-0.05, 0) is 16.7 Å². The third-order valence-electron chi connectivity index (χ3n) is 5.31. The quantitative estimate of drug-likeness (QED) is 0.815. The zero-order valence-electron chi connectivity index (χ0n) is 14.5. The van der Waals surface area contributed by atoms with Crippen LogP contribution < -0.4 is 5.32 Å². The maximum atomic E-state index is 12.9. The number of carboxylic acids is 1. The zero-order chi connectivity index (χ0) is 17.7. The van der Waals surface area contributed by atoms with Crippen molar-refractivity contribution in [2.24, 2.45) is 22.7 Å². The first kappa shape index (κ1) is 17.6. The number of ether oxygens (including phenoxy) is 1. The number of rotatable bonds is 3. The van der Waals surface area contributed by atoms with Crippen molar-refractivity contribution in [1.29, 1.82) is 0 Å². The molecule has 0 spiro atoms. The van der Waals surface area contributed by atoms with Crippen LogP contribution in [0, 0.1) is 22.7 Å². The van der Waals surface area contributed by atoms with E-state index in [-0.39, 0.29) is 23.2 Å². The van der Waals surface area contributed by atoms with Crippen LogP contribution in [0.15, 0.2) is 0 Å². The number of nitrogens with zero attached hydrogens (tertiary/aromatic N) is 1. The second-order valence-electron chi connectivity index (χ2n) is 8.16. The fraction of sp³-hybridized carbons (Fsp3) is 0.812. The second-order valence-corrected chi connectivity index (χ2v) is 8.16. The van der Waals surface area contributed by atoms with E-state index in [1.165, 1.54) is 12.0 Å². The van der Waals surface area contributed by atoms with E-state index in [1.54, 1.807) is 0 Å². The van der Waals surface area contributed by atoms with Crippen molar-refractivity contribution in [2.75, 3.05) is 13.7 Å². The first-order valence-electron chi connectivity index (χ1n) is 7.80. The van der Waals surface area contributed by atoms with Gasteiger partial charge in [0.1, 0.15) is 12.1 Å². The standard InChI is InChI=1S/C16H26N2O5/c1-15(2,3)11(17-14(22)23-6)12(19)18-7-8-9(16(8,4)5)10(18)13(20)21/h8-11H,7H2,1-6H3,(H,17,22)(H,20,21)/t8-,9-,10-,11+/m0/s1. The molecule has 1 saturated carbocycles. The van der Waals surface area contributed by atoms with Gasteiger partial charge in [-0.15, -0.1) is 0 Å². The summed E-state index contributed by atoms with van der Waals surface area (Å²) in [4.78, 5) is 37.6. The number of hydrogen-bond acceptors (Lipinski definition) is 4. The Balaban J connectivity index is 2.23. The summed E-state index contributed by atoms with van der Waals surface area (Å²) in [7, 11) is 1.23. The van der Waals surface area contributed by atoms with Gasteiger partial charge in [-0.1, -0.05) is 34.6 Å². The fourth-order valence-corrected chi connectivity index (χ4v) is 3.79. The number of alkyl carbamates (subject to hydrolysis) is 1. The molecule has 1 aliphatic carbocycles. The lowest BCUT2D eigenvalue weighted by molar-refractivity contribution is -0.152. The van der Waals surface area contributed by atoms with Gasteiger partial charge in [0.25, 0.3) is 0 Å². The van der Waals surface area contributed by atoms with Gasteiger partial charge in [-0.3, -0.25) is 4.79 Å². The van der Waals surface area contributed by atoms with Crippen LogP contribution in [-0.4, -0.2) is 53.7 Å². The highest BCUT2D eigenvalue weighted by molar-refractivity contribution is 5.91. The summed E-state index contributed by atoms with van der Waals surface area (Å²) < 4.78 is 4.59. The van der Waals surface area contributed by atoms with Crippen molar-refractivity contribution in [3.05, 3.63) is 0 Å². The minimum absolute atomic E-state index is 0.0253. The van der Waals surface area contributed by atoms with Crippen LogP contribution in [0.2, 0.25) is 0 Å². The Labute approximate surface area is 136 Å². The minimum Gasteiger partial charge on any atom is -0.480 e. The molecule has 2 aliphatic rings. The molecule has 4 atom stereocenters. The molecule has 1 saturated heterocycles. The number of aliphatic carboxylic acids is 1. The van der Waals surface area contributed by atoms with Gasteiger partial charge in [0.05, 0.1) is 7.11 Å². The Hall–Kier alpha value is -1.79. The lowest BCUT2D eigenvalue weighted by atomic mass is 9.85. The summed E-state index contributed by atoms with van der Waals surface area (Å²) in [6.07, 6.45) is -0.699. The van der Waals surface area contributed by atoms with Crippen LogP contribution >= 0.6 is 0 Å². The predicted octanol–water partition coefficient (Wildman–Crippen LogP) is 1.32. The van der Waals surface area contributed by atoms with E-state index in [2.05, 4.69) is 10.1 Å². The van der Waals surface area contributed by atoms with Gasteiger partial charge >= 0.3 is 12.1 Å². The maximum Gasteiger partial charge on any atom is 0.407 e. The summed E-state index contributed by atoms with van der Waals surface area (Å²) >= 11 is 0. The van der Waals surface area contributed by atoms with Gasteiger partial charge in [0.2, 0.25) is 5.91 Å². The van der Waals surface area contributed by atoms with Crippen molar-refractivity contribution >= 4 is 18.0 Å². The number of piperidine rings is 1. The molecule has 0 aromatic carbocycles. The Morgan fingerprint density at radius 3 is 2.30 bits per heavy atom. The third-order valence-corrected chi connectivity index (χ3v) is 5.31. The molecule has 0 aromatic heterocycles. The Morgan fingerprint density at radius 1 is 1.30 bits per heavy atom. The molecule has 7 nitrogen and oxygen atoms in total. The zero-order valence-corrected chi connectivity index (χ0v) is 14.5. The van der Waals surface area contributed by atoms with E-state index in [0.29, 0.717) is 6.54 Å². The monoisotopic (exact) mass is 326 g/mol. The number of likely N-dealkylation sites (tertiary alicyclic amines) is 1. The Morgan fingerprint density at radius 2 is 1.87 bits per heavy atom. The number of amides is 2. The van der Waals surface area contributed by atoms with Crippen LogP contribution in [0.4, 0.5) is 4.79 Å². The van der Waals surface area contributed by atoms with E-state index in [0.717, 1.165) is 0 Å². The highest BCUT2D eigenvalue weighted by Crippen LogP contribution is 2.64. The molecule has 0 aromatic rings. The van der Waals surface area contributed by atoms with Gasteiger partial charge in [-0.2, -0.15) is 0 Å². The number of methoxy groups -OCH3 is 1. The average Bonchev–Trinajstić information content (AvgIpc) is 2.81. The van der Waals surface area contributed by atoms with Crippen molar-refractivity contribution in [1.82, 2.24) is 10.2 Å². The number of carbonyl (C=O) groups is 3. The molecule has 23 heavy (non-hydrogen) atoms. The first-order chi connectivity index (χ1) is 10.4. The molecule has 0 unspecified atom stereocenters. The van der Waals surface area contributed by atoms with Gasteiger partial charge in [-0.25, -0.2) is 9.59 Å². The number of hydrogen-bond donors (Lipinski definition) is 2. The largest absolute Gasteiger partial charge is 0.480 e. The molecular formula is C16H26N2O5. The molecule has 2 N–H and O–H groups in total. The summed E-state index contributed by atoms with van der Waals surface area (Å²) in [5, 5.41) is 12.1. The van der Waals surface area contributed by atoms with E-state index in [1.807, 2.05) is 34.6 Å². The van der Waals surface area contributed by atoms with Gasteiger partial charge in [0.15, 0.2) is 0 Å². The first-order valence-corrected chi connectivity index (χ1v) is 7.80. The SMILES string of the molecule is COC(=O)N[C@H](C(=O)N1C[C@H]2[C@@H]([C@H]1C(=O)O)C2(C)C)C(C)(C)C. The number of fused-ring (bicyclic) bond motifs is 1. The molecule has 1 aliphatic heterocycles. The number of nitrogens with one attached hydrogen (secondary N) is 1. The van der Waals surface area contributed by atoms with Crippen molar-refractivity contribution in [3.63, 3.8) is 0 Å². The van der Waals surface area contributed by atoms with E-state index in [4.69, 9.17) is 0 Å². The van der Waals surface area contributed by atoms with Crippen molar-refractivity contribution in [2.45, 2.75) is 46.7 Å². The van der Waals surface area contributed by atoms with Gasteiger partial charge in [0, 0.05) is 12.5 Å². The lowest BCUT2D eigenvalue weighted by Crippen LogP contribution is -2.58. The van der Waals surface area contributed by atoms with Crippen LogP contribution in [0.1, 0.15) is 34.6 Å². The van der Waals surface area contributed by atoms with Crippen molar-refractivity contribution < 1.29 is 24.2 Å². The lowest BCUT2D eigenvalue weighted by Gasteiger charge is -2.36. The highest BCUT2D eigenvalue weighted by atomic mass is 16.5. The predicted molar refractivity (Wildman–Crippen MR) is 82.7 cm³/mol. The number of carbonyl (C=O) groups excluding carboxylic acids is 2. The molecule has 2 amide bonds. The molecule has 2 rings (SSSR count). The van der Waals surface area contributed by atoms with Crippen LogP contribution in [-0.2, 0) is 14.3 Å². The van der Waals surface area contributed by atoms with E-state index < -0.39 is 29.6 Å². The van der Waals surface area contributed by atoms with Crippen LogP contribution in [0.25, 0.3) is 0 Å². The Kier molecular flexibility index (Phi) is 4.11. The minimum atomic E-state index is -0.984. The van der Waals surface area contributed by atoms with Gasteiger partial charge < -0.3 is 20.1 Å². The molecule has 1 heterocycles. The summed E-state index contributed by atoms with van der Waals surface area (Å²) in [6.45, 7) is 9.96. The third kappa shape index (κ3) is 2.88. The van der Waals surface area contributed by atoms with E-state index >= 15 is 0 Å². The molecule has 130 valence electrons. The van der Waals surface area contributed by atoms with Crippen LogP contribution in [0.3, 0.4) is 0 Å². The normalized spacial score (nSPS) is 29.5. The van der Waals surface area contributed by atoms with E-state index in [9.17, 15) is 19.5 Å². The molecule has 0 radical (unpaired) electrons. The highest BCUT2D eigenvalue weighted by Gasteiger charge is 2.70. The molecule has 2 fully saturated rings. The van der Waals surface area contributed by atoms with Crippen molar-refractivity contribution in [3.8, 4) is 0 Å². The fourth-order valence-electron chi connectivity index (χ4n) is 3.79. The molecular weight excluding hydrogens is 300 g/mol. The topological polar surface area (TPSA) is 95.9 Å². The van der Waals surface area contributed by atoms with Crippen LogP contribution in [0.5, 0.6) is 0 Å². The molecule has 0 bridgehead atoms. The summed E-state index contributed by atoms with van der Waals surface area (Å²) in [5.41, 5.74) is -0.608. The second kappa shape index (κ2) is 5.39.